The summed E-state index contributed by atoms with van der Waals surface area (Å²) in [5.74, 6) is 0.680. The highest BCUT2D eigenvalue weighted by molar-refractivity contribution is 7.13. The fourth-order valence-electron chi connectivity index (χ4n) is 2.73. The summed E-state index contributed by atoms with van der Waals surface area (Å²) in [4.78, 5) is 19.1. The van der Waals surface area contributed by atoms with Crippen LogP contribution in [0.2, 0.25) is 0 Å². The summed E-state index contributed by atoms with van der Waals surface area (Å²) in [5.41, 5.74) is 1.42. The van der Waals surface area contributed by atoms with Crippen molar-refractivity contribution in [3.8, 4) is 16.3 Å². The summed E-state index contributed by atoms with van der Waals surface area (Å²) in [6.07, 6.45) is 0.120. The van der Waals surface area contributed by atoms with Gasteiger partial charge < -0.3 is 14.8 Å². The second-order valence-electron chi connectivity index (χ2n) is 6.44. The van der Waals surface area contributed by atoms with Gasteiger partial charge in [0.2, 0.25) is 0 Å². The normalized spacial score (nSPS) is 15.2. The molecule has 7 heteroatoms. The molecular formula is C19H25N3O3S. The van der Waals surface area contributed by atoms with Crippen LogP contribution >= 0.6 is 11.3 Å². The van der Waals surface area contributed by atoms with Crippen molar-refractivity contribution < 1.29 is 14.3 Å². The van der Waals surface area contributed by atoms with E-state index < -0.39 is 0 Å². The van der Waals surface area contributed by atoms with Gasteiger partial charge in [0.05, 0.1) is 19.3 Å². The molecule has 6 nitrogen and oxygen atoms in total. The second kappa shape index (κ2) is 9.12. The SMILES string of the molecule is CC(C)Oc1cccc(-c2nc(C(=O)NCCN3CCOCC3)cs2)c1. The molecule has 0 unspecified atom stereocenters. The van der Waals surface area contributed by atoms with Crippen LogP contribution in [0.1, 0.15) is 24.3 Å². The number of rotatable bonds is 7. The highest BCUT2D eigenvalue weighted by Gasteiger charge is 2.14. The first kappa shape index (κ1) is 18.8. The summed E-state index contributed by atoms with van der Waals surface area (Å²) < 4.78 is 11.0. The van der Waals surface area contributed by atoms with E-state index >= 15 is 0 Å². The van der Waals surface area contributed by atoms with Gasteiger partial charge in [-0.25, -0.2) is 4.98 Å². The molecule has 1 aliphatic heterocycles. The molecule has 0 aliphatic carbocycles. The number of aromatic nitrogens is 1. The van der Waals surface area contributed by atoms with E-state index in [9.17, 15) is 4.79 Å². The molecule has 1 aromatic carbocycles. The summed E-state index contributed by atoms with van der Waals surface area (Å²) >= 11 is 1.47. The standard InChI is InChI=1S/C19H25N3O3S/c1-14(2)25-16-5-3-4-15(12-16)19-21-17(13-26-19)18(23)20-6-7-22-8-10-24-11-9-22/h3-5,12-14H,6-11H2,1-2H3,(H,20,23). The average Bonchev–Trinajstić information content (AvgIpc) is 3.12. The van der Waals surface area contributed by atoms with Gasteiger partial charge in [-0.1, -0.05) is 12.1 Å². The maximum absolute atomic E-state index is 12.3. The molecule has 1 fully saturated rings. The topological polar surface area (TPSA) is 63.7 Å². The molecular weight excluding hydrogens is 350 g/mol. The van der Waals surface area contributed by atoms with Crippen molar-refractivity contribution in [3.63, 3.8) is 0 Å². The van der Waals surface area contributed by atoms with E-state index in [-0.39, 0.29) is 12.0 Å². The zero-order valence-electron chi connectivity index (χ0n) is 15.2. The minimum atomic E-state index is -0.129. The van der Waals surface area contributed by atoms with E-state index in [0.29, 0.717) is 12.2 Å². The first-order valence-electron chi connectivity index (χ1n) is 8.93. The Bertz CT molecular complexity index is 726. The smallest absolute Gasteiger partial charge is 0.270 e. The molecule has 0 bridgehead atoms. The summed E-state index contributed by atoms with van der Waals surface area (Å²) in [6.45, 7) is 8.82. The molecule has 3 rings (SSSR count). The quantitative estimate of drug-likeness (QED) is 0.806. The average molecular weight is 375 g/mol. The Hall–Kier alpha value is -1.96. The first-order chi connectivity index (χ1) is 12.6. The van der Waals surface area contributed by atoms with Crippen molar-refractivity contribution >= 4 is 17.2 Å². The number of benzene rings is 1. The highest BCUT2D eigenvalue weighted by Crippen LogP contribution is 2.27. The van der Waals surface area contributed by atoms with Crippen LogP contribution in [0.3, 0.4) is 0 Å². The van der Waals surface area contributed by atoms with E-state index in [1.54, 1.807) is 5.38 Å². The van der Waals surface area contributed by atoms with Crippen LogP contribution in [0, 0.1) is 0 Å². The third-order valence-electron chi connectivity index (χ3n) is 4.01. The predicted molar refractivity (Wildman–Crippen MR) is 103 cm³/mol. The predicted octanol–water partition coefficient (Wildman–Crippen LogP) is 2.66. The molecule has 2 heterocycles. The highest BCUT2D eigenvalue weighted by atomic mass is 32.1. The molecule has 26 heavy (non-hydrogen) atoms. The van der Waals surface area contributed by atoms with Crippen molar-refractivity contribution in [2.45, 2.75) is 20.0 Å². The summed E-state index contributed by atoms with van der Waals surface area (Å²) in [5, 5.41) is 5.56. The van der Waals surface area contributed by atoms with E-state index in [2.05, 4.69) is 15.2 Å². The van der Waals surface area contributed by atoms with E-state index in [4.69, 9.17) is 9.47 Å². The van der Waals surface area contributed by atoms with Crippen LogP contribution in [0.15, 0.2) is 29.6 Å². The van der Waals surface area contributed by atoms with Gasteiger partial charge in [-0.15, -0.1) is 11.3 Å². The molecule has 0 atom stereocenters. The minimum Gasteiger partial charge on any atom is -0.491 e. The number of amides is 1. The molecule has 0 saturated carbocycles. The molecule has 1 amide bonds. The van der Waals surface area contributed by atoms with Crippen LogP contribution in [-0.4, -0.2) is 61.3 Å². The zero-order chi connectivity index (χ0) is 18.4. The van der Waals surface area contributed by atoms with Crippen molar-refractivity contribution in [3.05, 3.63) is 35.3 Å². The third-order valence-corrected chi connectivity index (χ3v) is 4.90. The molecule has 1 saturated heterocycles. The largest absolute Gasteiger partial charge is 0.491 e. The van der Waals surface area contributed by atoms with Crippen LogP contribution in [-0.2, 0) is 4.74 Å². The number of hydrogen-bond donors (Lipinski definition) is 1. The number of ether oxygens (including phenoxy) is 2. The van der Waals surface area contributed by atoms with Crippen LogP contribution in [0.5, 0.6) is 5.75 Å². The van der Waals surface area contributed by atoms with Gasteiger partial charge in [-0.2, -0.15) is 0 Å². The summed E-state index contributed by atoms with van der Waals surface area (Å²) in [7, 11) is 0. The Balaban J connectivity index is 1.56. The lowest BCUT2D eigenvalue weighted by atomic mass is 10.2. The maximum atomic E-state index is 12.3. The Kier molecular flexibility index (Phi) is 6.60. The van der Waals surface area contributed by atoms with Crippen LogP contribution in [0.25, 0.3) is 10.6 Å². The Labute approximate surface area is 158 Å². The van der Waals surface area contributed by atoms with Crippen molar-refractivity contribution in [1.82, 2.24) is 15.2 Å². The van der Waals surface area contributed by atoms with Crippen molar-refractivity contribution in [2.75, 3.05) is 39.4 Å². The van der Waals surface area contributed by atoms with Crippen molar-refractivity contribution in [1.29, 1.82) is 0 Å². The number of nitrogens with one attached hydrogen (secondary N) is 1. The van der Waals surface area contributed by atoms with E-state index in [0.717, 1.165) is 49.2 Å². The van der Waals surface area contributed by atoms with Crippen LogP contribution in [0.4, 0.5) is 0 Å². The monoisotopic (exact) mass is 375 g/mol. The number of morpholine rings is 1. The lowest BCUT2D eigenvalue weighted by Crippen LogP contribution is -2.41. The van der Waals surface area contributed by atoms with Gasteiger partial charge in [-0.05, 0) is 26.0 Å². The van der Waals surface area contributed by atoms with Crippen molar-refractivity contribution in [2.24, 2.45) is 0 Å². The maximum Gasteiger partial charge on any atom is 0.270 e. The Morgan fingerprint density at radius 1 is 1.38 bits per heavy atom. The van der Waals surface area contributed by atoms with Gasteiger partial charge in [0.15, 0.2) is 0 Å². The molecule has 0 spiro atoms. The number of carbonyl (C=O) groups is 1. The van der Waals surface area contributed by atoms with Gasteiger partial charge in [0, 0.05) is 37.1 Å². The van der Waals surface area contributed by atoms with Gasteiger partial charge in [0.1, 0.15) is 16.5 Å². The number of thiazole rings is 1. The van der Waals surface area contributed by atoms with E-state index in [1.165, 1.54) is 11.3 Å². The van der Waals surface area contributed by atoms with Gasteiger partial charge in [0.25, 0.3) is 5.91 Å². The Morgan fingerprint density at radius 2 is 2.19 bits per heavy atom. The van der Waals surface area contributed by atoms with E-state index in [1.807, 2.05) is 38.1 Å². The number of nitrogens with zero attached hydrogens (tertiary/aromatic N) is 2. The van der Waals surface area contributed by atoms with Gasteiger partial charge >= 0.3 is 0 Å². The molecule has 2 aromatic rings. The lowest BCUT2D eigenvalue weighted by molar-refractivity contribution is 0.0383. The summed E-state index contributed by atoms with van der Waals surface area (Å²) in [6, 6.07) is 7.80. The number of carbonyl (C=O) groups excluding carboxylic acids is 1. The second-order valence-corrected chi connectivity index (χ2v) is 7.30. The van der Waals surface area contributed by atoms with Gasteiger partial charge in [-0.3, -0.25) is 9.69 Å². The molecule has 0 radical (unpaired) electrons. The number of hydrogen-bond acceptors (Lipinski definition) is 6. The van der Waals surface area contributed by atoms with Crippen LogP contribution < -0.4 is 10.1 Å². The zero-order valence-corrected chi connectivity index (χ0v) is 16.1. The Morgan fingerprint density at radius 3 is 2.96 bits per heavy atom. The molecule has 140 valence electrons. The third kappa shape index (κ3) is 5.27. The first-order valence-corrected chi connectivity index (χ1v) is 9.80. The molecule has 1 aromatic heterocycles. The fraction of sp³-hybridized carbons (Fsp3) is 0.474. The lowest BCUT2D eigenvalue weighted by Gasteiger charge is -2.26. The molecule has 1 N–H and O–H groups in total. The fourth-order valence-corrected chi connectivity index (χ4v) is 3.53. The molecule has 1 aliphatic rings. The minimum absolute atomic E-state index is 0.120.